The Balaban J connectivity index is 0.000000153. The normalized spacial score (nSPS) is 21.3. The molecule has 9 heterocycles. The molecule has 0 spiro atoms. The summed E-state index contributed by atoms with van der Waals surface area (Å²) in [6.07, 6.45) is 38.4. The van der Waals surface area contributed by atoms with Crippen molar-refractivity contribution in [3.05, 3.63) is 160 Å². The Labute approximate surface area is 701 Å². The predicted octanol–water partition coefficient (Wildman–Crippen LogP) is 18.5. The van der Waals surface area contributed by atoms with Crippen molar-refractivity contribution in [3.63, 3.8) is 0 Å². The van der Waals surface area contributed by atoms with E-state index in [1.165, 1.54) is 27.8 Å². The molecule has 0 radical (unpaired) electrons. The minimum Gasteiger partial charge on any atom is -0.396 e. The van der Waals surface area contributed by atoms with E-state index >= 15 is 0 Å². The van der Waals surface area contributed by atoms with E-state index in [-0.39, 0.29) is 36.5 Å². The second kappa shape index (κ2) is 41.0. The number of carbonyl (C=O) groups is 3. The SMILES string of the molecule is CCC[C@H](C)Nc1ncc2c(C3CCN(C(=O)c4cc(C)cc(C)c4)CC3)cn(C3CCC(CO)CC3)c2n1.CCC[C@H](C)Nc1ncc2c(C3CCN(C(=O)c4ccc(CN(C)C)cc4)CC3)cn(C3CCC(O)CC3)c2n1.CCCc1ccc(C(=O)N2CCC(c3cn(C4CCC(O)CC4)c4nc(N[C@@H](C)CCC)ncc34)CC2)cc1. The second-order valence-electron chi connectivity index (χ2n) is 36.0. The molecular formula is C96H136N16O6. The summed E-state index contributed by atoms with van der Waals surface area (Å²) in [7, 11) is 4.10. The van der Waals surface area contributed by atoms with Crippen LogP contribution in [0.25, 0.3) is 33.1 Å². The van der Waals surface area contributed by atoms with Crippen molar-refractivity contribution >= 4 is 68.7 Å². The third kappa shape index (κ3) is 21.7. The minimum absolute atomic E-state index is 0.123. The van der Waals surface area contributed by atoms with Gasteiger partial charge in [0.15, 0.2) is 0 Å². The molecule has 15 rings (SSSR count). The van der Waals surface area contributed by atoms with Crippen LogP contribution in [0.2, 0.25) is 0 Å². The van der Waals surface area contributed by atoms with Crippen molar-refractivity contribution in [1.29, 1.82) is 0 Å². The number of nitrogens with zero attached hydrogens (tertiary/aromatic N) is 13. The highest BCUT2D eigenvalue weighted by molar-refractivity contribution is 5.96. The number of aryl methyl sites for hydroxylation is 3. The van der Waals surface area contributed by atoms with Gasteiger partial charge >= 0.3 is 0 Å². The number of carbonyl (C=O) groups excluding carboxylic acids is 3. The zero-order chi connectivity index (χ0) is 83.1. The van der Waals surface area contributed by atoms with E-state index in [1.807, 2.05) is 69.7 Å². The Morgan fingerprint density at radius 2 is 0.754 bits per heavy atom. The summed E-state index contributed by atoms with van der Waals surface area (Å²) in [5.74, 6) is 4.03. The van der Waals surface area contributed by atoms with Gasteiger partial charge in [0.1, 0.15) is 16.9 Å². The molecule has 3 aliphatic carbocycles. The number of aliphatic hydroxyl groups is 3. The summed E-state index contributed by atoms with van der Waals surface area (Å²) in [6, 6.07) is 24.4. The number of rotatable bonds is 26. The highest BCUT2D eigenvalue weighted by Gasteiger charge is 2.35. The molecule has 22 nitrogen and oxygen atoms in total. The Hall–Kier alpha value is -8.83. The van der Waals surface area contributed by atoms with E-state index in [4.69, 9.17) is 29.9 Å². The van der Waals surface area contributed by atoms with Crippen LogP contribution in [0.1, 0.15) is 315 Å². The number of anilines is 3. The summed E-state index contributed by atoms with van der Waals surface area (Å²) >= 11 is 0. The minimum atomic E-state index is -0.189. The first-order valence-corrected chi connectivity index (χ1v) is 45.3. The van der Waals surface area contributed by atoms with E-state index in [0.29, 0.717) is 77.8 Å². The van der Waals surface area contributed by atoms with E-state index in [1.54, 1.807) is 0 Å². The molecule has 6 aromatic heterocycles. The second-order valence-corrected chi connectivity index (χ2v) is 36.0. The summed E-state index contributed by atoms with van der Waals surface area (Å²) in [6.45, 7) is 25.1. The molecule has 3 atom stereocenters. The van der Waals surface area contributed by atoms with Crippen LogP contribution in [0.15, 0.2) is 104 Å². The van der Waals surface area contributed by atoms with Gasteiger partial charge in [-0.3, -0.25) is 14.4 Å². The average molecular weight is 1610 g/mol. The molecule has 118 heavy (non-hydrogen) atoms. The molecule has 636 valence electrons. The molecular weight excluding hydrogens is 1470 g/mol. The molecule has 0 unspecified atom stereocenters. The van der Waals surface area contributed by atoms with Gasteiger partial charge in [0.25, 0.3) is 17.7 Å². The van der Waals surface area contributed by atoms with Gasteiger partial charge < -0.3 is 64.6 Å². The van der Waals surface area contributed by atoms with E-state index in [9.17, 15) is 29.7 Å². The lowest BCUT2D eigenvalue weighted by Gasteiger charge is -2.32. The number of aromatic nitrogens is 9. The number of benzene rings is 3. The average Bonchev–Trinajstić information content (AvgIpc) is 1.62. The Bertz CT molecular complexity index is 4720. The fourth-order valence-corrected chi connectivity index (χ4v) is 19.7. The summed E-state index contributed by atoms with van der Waals surface area (Å²) in [4.78, 5) is 77.2. The third-order valence-corrected chi connectivity index (χ3v) is 26.3. The van der Waals surface area contributed by atoms with Crippen molar-refractivity contribution in [2.24, 2.45) is 5.92 Å². The first-order chi connectivity index (χ1) is 57.1. The number of hydrogen-bond donors (Lipinski definition) is 6. The highest BCUT2D eigenvalue weighted by atomic mass is 16.3. The predicted molar refractivity (Wildman–Crippen MR) is 475 cm³/mol. The largest absolute Gasteiger partial charge is 0.396 e. The van der Waals surface area contributed by atoms with Crippen molar-refractivity contribution in [2.75, 3.05) is 75.9 Å². The quantitative estimate of drug-likeness (QED) is 0.0295. The van der Waals surface area contributed by atoms with Crippen LogP contribution in [0.3, 0.4) is 0 Å². The fraction of sp³-hybridized carbons (Fsp3) is 0.594. The first-order valence-electron chi connectivity index (χ1n) is 45.3. The number of likely N-dealkylation sites (tertiary alicyclic amines) is 3. The highest BCUT2D eigenvalue weighted by Crippen LogP contribution is 2.44. The smallest absolute Gasteiger partial charge is 0.253 e. The summed E-state index contributed by atoms with van der Waals surface area (Å²) < 4.78 is 7.13. The van der Waals surface area contributed by atoms with Crippen molar-refractivity contribution in [1.82, 2.24) is 63.2 Å². The van der Waals surface area contributed by atoms with Crippen LogP contribution in [0.5, 0.6) is 0 Å². The van der Waals surface area contributed by atoms with Crippen LogP contribution in [0, 0.1) is 19.8 Å². The molecule has 6 fully saturated rings. The Morgan fingerprint density at radius 3 is 1.07 bits per heavy atom. The van der Waals surface area contributed by atoms with Crippen molar-refractivity contribution in [3.8, 4) is 0 Å². The number of aliphatic hydroxyl groups excluding tert-OH is 3. The number of fused-ring (bicyclic) bond motifs is 3. The van der Waals surface area contributed by atoms with Gasteiger partial charge in [-0.1, -0.05) is 94.8 Å². The molecule has 3 amide bonds. The van der Waals surface area contributed by atoms with E-state index in [2.05, 4.69) is 160 Å². The van der Waals surface area contributed by atoms with Gasteiger partial charge in [-0.05, 0) is 278 Å². The van der Waals surface area contributed by atoms with E-state index < -0.39 is 0 Å². The number of nitrogens with one attached hydrogen (secondary N) is 3. The molecule has 0 bridgehead atoms. The van der Waals surface area contributed by atoms with Gasteiger partial charge in [0.2, 0.25) is 17.8 Å². The third-order valence-electron chi connectivity index (χ3n) is 26.3. The van der Waals surface area contributed by atoms with Gasteiger partial charge in [0.05, 0.1) is 12.2 Å². The standard InChI is InChI=1S/C32H46N6O2.2C32H45N5O2/c1-5-6-22(2)34-32-33-19-28-29(21-38(30(28)35-32)26-11-13-27(39)14-12-26)24-15-17-37(18-16-24)31(40)25-9-7-23(8-10-25)20-36(3)4;1-5-6-23(4)34-32-33-18-28-29(19-37(30(28)35-32)27-9-7-24(20-38)8-10-27)25-11-13-36(14-12-25)31(39)26-16-21(2)15-22(3)17-26;1-4-6-22(3)34-32-33-20-28-29(21-37(30(28)35-32)26-12-14-27(38)15-13-26)24-16-18-36(19-17-24)31(39)25-10-8-23(7-5-2)9-11-25/h7-10,19,21-22,24,26-27,39H,5-6,11-18,20H2,1-4H3,(H,33,34,35);15-19,23-25,27,38H,5-14,20H2,1-4H3,(H,33,34,35);8-11,20-22,24,26-27,38H,4-7,12-19H2,1-3H3,(H,33,34,35)/t22-,26?,27?;23-,24?,27?;22-,26?,27?/m000/s1. The van der Waals surface area contributed by atoms with Crippen LogP contribution < -0.4 is 16.0 Å². The molecule has 3 aliphatic heterocycles. The summed E-state index contributed by atoms with van der Waals surface area (Å²) in [5.41, 5.74) is 14.1. The van der Waals surface area contributed by atoms with Crippen LogP contribution in [-0.2, 0) is 13.0 Å². The van der Waals surface area contributed by atoms with Crippen molar-refractivity contribution < 1.29 is 29.7 Å². The maximum Gasteiger partial charge on any atom is 0.253 e. The molecule has 6 aliphatic rings. The van der Waals surface area contributed by atoms with Crippen LogP contribution >= 0.6 is 0 Å². The maximum absolute atomic E-state index is 13.3. The molecule has 3 aromatic carbocycles. The molecule has 6 N–H and O–H groups in total. The Kier molecular flexibility index (Phi) is 30.2. The zero-order valence-electron chi connectivity index (χ0n) is 72.7. The van der Waals surface area contributed by atoms with Crippen LogP contribution in [0.4, 0.5) is 17.8 Å². The first kappa shape index (κ1) is 87.0. The number of hydrogen-bond acceptors (Lipinski definition) is 16. The van der Waals surface area contributed by atoms with Gasteiger partial charge in [-0.15, -0.1) is 0 Å². The lowest BCUT2D eigenvalue weighted by atomic mass is 9.86. The van der Waals surface area contributed by atoms with Gasteiger partial charge in [-0.25, -0.2) is 15.0 Å². The zero-order valence-corrected chi connectivity index (χ0v) is 72.7. The lowest BCUT2D eigenvalue weighted by Crippen LogP contribution is -2.38. The van der Waals surface area contributed by atoms with E-state index in [0.717, 1.165) is 274 Å². The Morgan fingerprint density at radius 1 is 0.432 bits per heavy atom. The van der Waals surface area contributed by atoms with Gasteiger partial charge in [-0.2, -0.15) is 15.0 Å². The fourth-order valence-electron chi connectivity index (χ4n) is 19.7. The van der Waals surface area contributed by atoms with Crippen LogP contribution in [-0.4, -0.2) is 187 Å². The number of piperidine rings is 3. The maximum atomic E-state index is 13.3. The number of amides is 3. The molecule has 3 saturated carbocycles. The monoisotopic (exact) mass is 1610 g/mol. The molecule has 3 saturated heterocycles. The summed E-state index contributed by atoms with van der Waals surface area (Å²) in [5, 5.41) is 43.7. The van der Waals surface area contributed by atoms with Crippen molar-refractivity contribution in [2.45, 2.75) is 302 Å². The van der Waals surface area contributed by atoms with Gasteiger partial charge in [0, 0.05) is 159 Å². The topological polar surface area (TPSA) is 253 Å². The molecule has 9 aromatic rings. The lowest BCUT2D eigenvalue weighted by molar-refractivity contribution is 0.0705. The molecule has 22 heteroatoms.